The highest BCUT2D eigenvalue weighted by Gasteiger charge is 2.20. The zero-order valence-electron chi connectivity index (χ0n) is 10.6. The molecule has 92 valence electrons. The maximum Gasteiger partial charge on any atom is 0.130 e. The van der Waals surface area contributed by atoms with Gasteiger partial charge in [0.25, 0.3) is 0 Å². The molecular formula is C13H18N2OS. The second-order valence-electron chi connectivity index (χ2n) is 5.23. The molecule has 1 atom stereocenters. The van der Waals surface area contributed by atoms with Gasteiger partial charge in [-0.15, -0.1) is 11.3 Å². The predicted octanol–water partition coefficient (Wildman–Crippen LogP) is 2.86. The highest BCUT2D eigenvalue weighted by molar-refractivity contribution is 7.12. The average molecular weight is 250 g/mol. The highest BCUT2D eigenvalue weighted by atomic mass is 32.1. The van der Waals surface area contributed by atoms with Gasteiger partial charge in [0.1, 0.15) is 6.10 Å². The van der Waals surface area contributed by atoms with Crippen LogP contribution in [0.25, 0.3) is 0 Å². The molecule has 0 saturated carbocycles. The van der Waals surface area contributed by atoms with Gasteiger partial charge in [-0.05, 0) is 23.6 Å². The van der Waals surface area contributed by atoms with Crippen molar-refractivity contribution in [3.63, 3.8) is 0 Å². The summed E-state index contributed by atoms with van der Waals surface area (Å²) in [6, 6.07) is 5.95. The molecule has 2 heterocycles. The Kier molecular flexibility index (Phi) is 3.10. The summed E-state index contributed by atoms with van der Waals surface area (Å²) in [5.41, 5.74) is 0.960. The Labute approximate surface area is 106 Å². The van der Waals surface area contributed by atoms with Gasteiger partial charge in [0.15, 0.2) is 0 Å². The molecule has 0 saturated heterocycles. The summed E-state index contributed by atoms with van der Waals surface area (Å²) in [6.45, 7) is 6.54. The first-order valence-corrected chi connectivity index (χ1v) is 6.47. The van der Waals surface area contributed by atoms with Gasteiger partial charge < -0.3 is 5.11 Å². The Bertz CT molecular complexity index is 507. The molecule has 0 aliphatic rings. The normalized spacial score (nSPS) is 13.9. The number of aliphatic hydroxyl groups excluding tert-OH is 1. The van der Waals surface area contributed by atoms with E-state index in [-0.39, 0.29) is 5.41 Å². The van der Waals surface area contributed by atoms with Crippen LogP contribution in [0.5, 0.6) is 0 Å². The van der Waals surface area contributed by atoms with Gasteiger partial charge in [-0.3, -0.25) is 4.68 Å². The number of aryl methyl sites for hydroxylation is 1. The van der Waals surface area contributed by atoms with Crippen LogP contribution in [0.15, 0.2) is 24.4 Å². The minimum absolute atomic E-state index is 0.134. The van der Waals surface area contributed by atoms with E-state index < -0.39 is 6.10 Å². The molecule has 3 nitrogen and oxygen atoms in total. The third kappa shape index (κ3) is 2.42. The Hall–Kier alpha value is -1.13. The Morgan fingerprint density at radius 3 is 2.47 bits per heavy atom. The Morgan fingerprint density at radius 1 is 1.29 bits per heavy atom. The van der Waals surface area contributed by atoms with E-state index in [9.17, 15) is 5.11 Å². The monoisotopic (exact) mass is 250 g/mol. The zero-order chi connectivity index (χ0) is 12.6. The van der Waals surface area contributed by atoms with Crippen molar-refractivity contribution in [2.24, 2.45) is 7.05 Å². The summed E-state index contributed by atoms with van der Waals surface area (Å²) in [5, 5.41) is 14.4. The summed E-state index contributed by atoms with van der Waals surface area (Å²) in [7, 11) is 1.84. The van der Waals surface area contributed by atoms with Crippen LogP contribution in [0.2, 0.25) is 0 Å². The molecule has 1 unspecified atom stereocenters. The van der Waals surface area contributed by atoms with E-state index in [1.807, 2.05) is 19.2 Å². The van der Waals surface area contributed by atoms with Crippen LogP contribution in [0.1, 0.15) is 42.3 Å². The molecule has 17 heavy (non-hydrogen) atoms. The lowest BCUT2D eigenvalue weighted by Crippen LogP contribution is -2.08. The summed E-state index contributed by atoms with van der Waals surface area (Å²) < 4.78 is 1.71. The first kappa shape index (κ1) is 12.3. The van der Waals surface area contributed by atoms with Gasteiger partial charge in [0, 0.05) is 23.0 Å². The van der Waals surface area contributed by atoms with E-state index in [0.717, 1.165) is 10.6 Å². The zero-order valence-corrected chi connectivity index (χ0v) is 11.5. The highest BCUT2D eigenvalue weighted by Crippen LogP contribution is 2.34. The van der Waals surface area contributed by atoms with Crippen LogP contribution in [-0.4, -0.2) is 14.9 Å². The summed E-state index contributed by atoms with van der Waals surface area (Å²) >= 11 is 1.66. The molecule has 0 aromatic carbocycles. The molecule has 0 fully saturated rings. The maximum atomic E-state index is 10.3. The van der Waals surface area contributed by atoms with Gasteiger partial charge in [0.2, 0.25) is 0 Å². The Balaban J connectivity index is 2.30. The van der Waals surface area contributed by atoms with E-state index in [0.29, 0.717) is 0 Å². The lowest BCUT2D eigenvalue weighted by molar-refractivity contribution is 0.213. The predicted molar refractivity (Wildman–Crippen MR) is 70.3 cm³/mol. The quantitative estimate of drug-likeness (QED) is 0.890. The van der Waals surface area contributed by atoms with Crippen LogP contribution in [0.4, 0.5) is 0 Å². The van der Waals surface area contributed by atoms with Crippen molar-refractivity contribution >= 4 is 11.3 Å². The first-order chi connectivity index (χ1) is 7.89. The smallest absolute Gasteiger partial charge is 0.130 e. The standard InChI is InChI=1S/C13H18N2OS/c1-13(2,3)11-6-5-10(17-11)12(16)9-7-8-14-15(9)4/h5-8,12,16H,1-4H3. The lowest BCUT2D eigenvalue weighted by atomic mass is 9.95. The SMILES string of the molecule is Cn1nccc1C(O)c1ccc(C(C)(C)C)s1. The third-order valence-corrected chi connectivity index (χ3v) is 4.34. The van der Waals surface area contributed by atoms with Crippen LogP contribution in [0, 0.1) is 0 Å². The minimum Gasteiger partial charge on any atom is -0.381 e. The van der Waals surface area contributed by atoms with Crippen molar-refractivity contribution in [3.05, 3.63) is 39.8 Å². The van der Waals surface area contributed by atoms with E-state index in [2.05, 4.69) is 31.9 Å². The molecule has 0 bridgehead atoms. The van der Waals surface area contributed by atoms with Gasteiger partial charge in [-0.1, -0.05) is 20.8 Å². The molecule has 0 radical (unpaired) electrons. The summed E-state index contributed by atoms with van der Waals surface area (Å²) in [5.74, 6) is 0. The maximum absolute atomic E-state index is 10.3. The Morgan fingerprint density at radius 2 is 2.00 bits per heavy atom. The lowest BCUT2D eigenvalue weighted by Gasteiger charge is -2.15. The van der Waals surface area contributed by atoms with Crippen LogP contribution >= 0.6 is 11.3 Å². The van der Waals surface area contributed by atoms with Crippen molar-refractivity contribution in [3.8, 4) is 0 Å². The number of aliphatic hydroxyl groups is 1. The van der Waals surface area contributed by atoms with Gasteiger partial charge in [0.05, 0.1) is 5.69 Å². The third-order valence-electron chi connectivity index (χ3n) is 2.77. The number of hydrogen-bond donors (Lipinski definition) is 1. The molecule has 0 aliphatic carbocycles. The summed E-state index contributed by atoms with van der Waals surface area (Å²) in [6.07, 6.45) is 1.13. The van der Waals surface area contributed by atoms with Crippen LogP contribution in [0.3, 0.4) is 0 Å². The molecule has 0 spiro atoms. The van der Waals surface area contributed by atoms with E-state index >= 15 is 0 Å². The summed E-state index contributed by atoms with van der Waals surface area (Å²) in [4.78, 5) is 2.26. The van der Waals surface area contributed by atoms with Gasteiger partial charge >= 0.3 is 0 Å². The topological polar surface area (TPSA) is 38.0 Å². The molecule has 4 heteroatoms. The van der Waals surface area contributed by atoms with Crippen molar-refractivity contribution in [2.45, 2.75) is 32.3 Å². The molecule has 0 amide bonds. The van der Waals surface area contributed by atoms with Crippen molar-refractivity contribution in [2.75, 3.05) is 0 Å². The van der Waals surface area contributed by atoms with Crippen LogP contribution in [-0.2, 0) is 12.5 Å². The largest absolute Gasteiger partial charge is 0.381 e. The molecule has 2 aromatic heterocycles. The number of hydrogen-bond acceptors (Lipinski definition) is 3. The van der Waals surface area contributed by atoms with Gasteiger partial charge in [-0.25, -0.2) is 0 Å². The first-order valence-electron chi connectivity index (χ1n) is 5.66. The molecule has 2 rings (SSSR count). The van der Waals surface area contributed by atoms with Crippen molar-refractivity contribution < 1.29 is 5.11 Å². The number of nitrogens with zero attached hydrogens (tertiary/aromatic N) is 2. The number of rotatable bonds is 2. The van der Waals surface area contributed by atoms with Crippen LogP contribution < -0.4 is 0 Å². The minimum atomic E-state index is -0.580. The molecule has 1 N–H and O–H groups in total. The number of aromatic nitrogens is 2. The average Bonchev–Trinajstić information content (AvgIpc) is 2.83. The molecular weight excluding hydrogens is 232 g/mol. The fraction of sp³-hybridized carbons (Fsp3) is 0.462. The second-order valence-corrected chi connectivity index (χ2v) is 6.35. The fourth-order valence-electron chi connectivity index (χ4n) is 1.70. The van der Waals surface area contributed by atoms with E-state index in [1.54, 1.807) is 22.2 Å². The van der Waals surface area contributed by atoms with Gasteiger partial charge in [-0.2, -0.15) is 5.10 Å². The second kappa shape index (κ2) is 4.27. The number of thiophene rings is 1. The van der Waals surface area contributed by atoms with Crippen molar-refractivity contribution in [1.29, 1.82) is 0 Å². The van der Waals surface area contributed by atoms with E-state index in [4.69, 9.17) is 0 Å². The molecule has 0 aliphatic heterocycles. The van der Waals surface area contributed by atoms with E-state index in [1.165, 1.54) is 4.88 Å². The van der Waals surface area contributed by atoms with Crippen molar-refractivity contribution in [1.82, 2.24) is 9.78 Å². The fourth-order valence-corrected chi connectivity index (χ4v) is 2.77. The molecule has 2 aromatic rings.